The van der Waals surface area contributed by atoms with Gasteiger partial charge in [0.05, 0.1) is 12.6 Å². The van der Waals surface area contributed by atoms with Crippen molar-refractivity contribution in [2.75, 3.05) is 29.5 Å². The molecule has 2 aromatic carbocycles. The predicted octanol–water partition coefficient (Wildman–Crippen LogP) is 4.20. The van der Waals surface area contributed by atoms with Crippen LogP contribution < -0.4 is 15.1 Å². The van der Waals surface area contributed by atoms with Gasteiger partial charge in [-0.3, -0.25) is 14.5 Å². The van der Waals surface area contributed by atoms with Crippen LogP contribution in [0.3, 0.4) is 0 Å². The number of esters is 1. The minimum absolute atomic E-state index is 0.0120. The summed E-state index contributed by atoms with van der Waals surface area (Å²) in [6, 6.07) is 11.5. The molecule has 12 nitrogen and oxygen atoms in total. The Morgan fingerprint density at radius 2 is 2.00 bits per heavy atom. The van der Waals surface area contributed by atoms with Crippen molar-refractivity contribution >= 4 is 41.1 Å². The van der Waals surface area contributed by atoms with Crippen LogP contribution in [0, 0.1) is 17.1 Å². The van der Waals surface area contributed by atoms with Gasteiger partial charge in [0.15, 0.2) is 6.23 Å². The van der Waals surface area contributed by atoms with Crippen LogP contribution in [0.15, 0.2) is 60.8 Å². The van der Waals surface area contributed by atoms with E-state index in [1.165, 1.54) is 45.2 Å². The number of hydrogen-bond acceptors (Lipinski definition) is 9. The molecule has 1 N–H and O–H groups in total. The van der Waals surface area contributed by atoms with E-state index in [2.05, 4.69) is 15.3 Å². The zero-order chi connectivity index (χ0) is 34.2. The first-order valence-electron chi connectivity index (χ1n) is 15.1. The van der Waals surface area contributed by atoms with Crippen LogP contribution in [0.5, 0.6) is 0 Å². The summed E-state index contributed by atoms with van der Waals surface area (Å²) >= 11 is 6.60. The Kier molecular flexibility index (Phi) is 9.13. The number of halogens is 4. The maximum absolute atomic E-state index is 14.7. The van der Waals surface area contributed by atoms with E-state index in [-0.39, 0.29) is 42.0 Å². The van der Waals surface area contributed by atoms with E-state index < -0.39 is 72.9 Å². The SMILES string of the molecule is CCOC(=O)CN1CC(C2OC2N(c2cccc(F)c2)C(C(=O)NC2CC(F)(F)C2)c2ccccc2Cl)N(c2nccc(C#N)n2)C1=O. The molecule has 0 spiro atoms. The lowest BCUT2D eigenvalue weighted by atomic mass is 9.87. The summed E-state index contributed by atoms with van der Waals surface area (Å²) in [6.45, 7) is 1.28. The zero-order valence-corrected chi connectivity index (χ0v) is 26.2. The van der Waals surface area contributed by atoms with Gasteiger partial charge in [-0.05, 0) is 37.3 Å². The molecule has 2 aliphatic heterocycles. The first kappa shape index (κ1) is 33.0. The minimum Gasteiger partial charge on any atom is -0.465 e. The van der Waals surface area contributed by atoms with E-state index in [1.54, 1.807) is 37.3 Å². The molecular formula is C32H29ClF3N7O5. The Hall–Kier alpha value is -4.94. The van der Waals surface area contributed by atoms with Crippen LogP contribution in [0.2, 0.25) is 5.02 Å². The van der Waals surface area contributed by atoms with Crippen molar-refractivity contribution in [1.29, 1.82) is 5.26 Å². The molecule has 3 heterocycles. The average Bonchev–Trinajstić information content (AvgIpc) is 3.75. The summed E-state index contributed by atoms with van der Waals surface area (Å²) in [5.41, 5.74) is 0.500. The first-order chi connectivity index (χ1) is 23.0. The van der Waals surface area contributed by atoms with Crippen LogP contribution in [0.25, 0.3) is 0 Å². The van der Waals surface area contributed by atoms with Crippen LogP contribution in [-0.2, 0) is 19.1 Å². The van der Waals surface area contributed by atoms with Crippen molar-refractivity contribution < 1.29 is 37.0 Å². The van der Waals surface area contributed by atoms with E-state index in [0.717, 1.165) is 0 Å². The first-order valence-corrected chi connectivity index (χ1v) is 15.5. The zero-order valence-electron chi connectivity index (χ0n) is 25.4. The molecule has 16 heteroatoms. The molecule has 4 atom stereocenters. The number of nitriles is 1. The average molecular weight is 684 g/mol. The van der Waals surface area contributed by atoms with Crippen LogP contribution in [0.1, 0.15) is 37.1 Å². The second kappa shape index (κ2) is 13.3. The second-order valence-electron chi connectivity index (χ2n) is 11.5. The molecular weight excluding hydrogens is 655 g/mol. The summed E-state index contributed by atoms with van der Waals surface area (Å²) < 4.78 is 53.4. The third kappa shape index (κ3) is 6.71. The fraction of sp³-hybridized carbons (Fsp3) is 0.375. The van der Waals surface area contributed by atoms with Gasteiger partial charge in [-0.25, -0.2) is 27.9 Å². The number of amides is 3. The molecule has 4 unspecified atom stereocenters. The largest absolute Gasteiger partial charge is 0.465 e. The van der Waals surface area contributed by atoms with Gasteiger partial charge in [0, 0.05) is 47.9 Å². The molecule has 2 saturated heterocycles. The van der Waals surface area contributed by atoms with Crippen LogP contribution >= 0.6 is 11.6 Å². The van der Waals surface area contributed by atoms with Gasteiger partial charge in [-0.15, -0.1) is 0 Å². The number of anilines is 2. The van der Waals surface area contributed by atoms with Gasteiger partial charge >= 0.3 is 12.0 Å². The summed E-state index contributed by atoms with van der Waals surface area (Å²) in [7, 11) is 0. The maximum atomic E-state index is 14.7. The van der Waals surface area contributed by atoms with E-state index in [0.29, 0.717) is 5.56 Å². The number of carbonyl (C=O) groups is 3. The molecule has 48 heavy (non-hydrogen) atoms. The number of epoxide rings is 1. The lowest BCUT2D eigenvalue weighted by molar-refractivity contribution is -0.143. The normalized spacial score (nSPS) is 22.0. The molecule has 3 fully saturated rings. The number of ether oxygens (including phenoxy) is 2. The Morgan fingerprint density at radius 3 is 2.69 bits per heavy atom. The van der Waals surface area contributed by atoms with Crippen molar-refractivity contribution in [1.82, 2.24) is 20.2 Å². The van der Waals surface area contributed by atoms with Gasteiger partial charge < -0.3 is 24.6 Å². The molecule has 1 aliphatic carbocycles. The quantitative estimate of drug-likeness (QED) is 0.232. The summed E-state index contributed by atoms with van der Waals surface area (Å²) in [5.74, 6) is -4.95. The number of nitrogens with zero attached hydrogens (tertiary/aromatic N) is 6. The van der Waals surface area contributed by atoms with E-state index >= 15 is 0 Å². The van der Waals surface area contributed by atoms with E-state index in [9.17, 15) is 32.8 Å². The second-order valence-corrected chi connectivity index (χ2v) is 11.9. The van der Waals surface area contributed by atoms with E-state index in [1.807, 2.05) is 6.07 Å². The minimum atomic E-state index is -2.90. The molecule has 0 bridgehead atoms. The number of alkyl halides is 2. The summed E-state index contributed by atoms with van der Waals surface area (Å²) in [5, 5.41) is 12.3. The fourth-order valence-corrected chi connectivity index (χ4v) is 6.28. The number of rotatable bonds is 11. The van der Waals surface area contributed by atoms with Gasteiger partial charge in [-0.2, -0.15) is 5.26 Å². The van der Waals surface area contributed by atoms with Gasteiger partial charge in [0.25, 0.3) is 5.92 Å². The lowest BCUT2D eigenvalue weighted by Crippen LogP contribution is -2.54. The third-order valence-electron chi connectivity index (χ3n) is 8.24. The van der Waals surface area contributed by atoms with Crippen LogP contribution in [0.4, 0.5) is 29.6 Å². The number of aromatic nitrogens is 2. The Morgan fingerprint density at radius 1 is 1.23 bits per heavy atom. The number of carbonyl (C=O) groups excluding carboxylic acids is 3. The molecule has 250 valence electrons. The predicted molar refractivity (Wildman–Crippen MR) is 164 cm³/mol. The number of urea groups is 1. The van der Waals surface area contributed by atoms with Crippen molar-refractivity contribution in [3.63, 3.8) is 0 Å². The molecule has 0 radical (unpaired) electrons. The number of benzene rings is 2. The van der Waals surface area contributed by atoms with Gasteiger partial charge in [0.1, 0.15) is 36.3 Å². The Labute approximate surface area is 278 Å². The summed E-state index contributed by atoms with van der Waals surface area (Å²) in [6.07, 6.45) is -1.62. The Balaban J connectivity index is 1.39. The highest BCUT2D eigenvalue weighted by atomic mass is 35.5. The number of nitrogens with one attached hydrogen (secondary N) is 1. The topological polar surface area (TPSA) is 144 Å². The molecule has 1 saturated carbocycles. The van der Waals surface area contributed by atoms with Crippen molar-refractivity contribution in [3.05, 3.63) is 82.9 Å². The Bertz CT molecular complexity index is 1770. The van der Waals surface area contributed by atoms with Crippen molar-refractivity contribution in [2.45, 2.75) is 56.1 Å². The smallest absolute Gasteiger partial charge is 0.327 e. The molecule has 3 aromatic rings. The van der Waals surface area contributed by atoms with Crippen LogP contribution in [-0.4, -0.2) is 82.8 Å². The number of hydrogen-bond donors (Lipinski definition) is 1. The summed E-state index contributed by atoms with van der Waals surface area (Å²) in [4.78, 5) is 52.4. The fourth-order valence-electron chi connectivity index (χ4n) is 6.04. The van der Waals surface area contributed by atoms with E-state index in [4.69, 9.17) is 21.1 Å². The highest BCUT2D eigenvalue weighted by molar-refractivity contribution is 6.31. The highest BCUT2D eigenvalue weighted by Gasteiger charge is 2.59. The van der Waals surface area contributed by atoms with Crippen molar-refractivity contribution in [2.24, 2.45) is 0 Å². The third-order valence-corrected chi connectivity index (χ3v) is 8.58. The molecule has 3 amide bonds. The molecule has 3 aliphatic rings. The standard InChI is InChI=1S/C32H29ClF3N7O5/c1-2-47-25(44)17-41-16-24(43(31(41)46)30-38-11-10-19(15-37)40-30)27-29(48-27)42(21-7-5-6-18(34)12-21)26(22-8-3-4-9-23(22)33)28(45)39-20-13-32(35,36)14-20/h3-12,20,24,26-27,29H,2,13-14,16-17H2,1H3,(H,39,45). The van der Waals surface area contributed by atoms with Gasteiger partial charge in [-0.1, -0.05) is 35.9 Å². The monoisotopic (exact) mass is 683 g/mol. The molecule has 6 rings (SSSR count). The van der Waals surface area contributed by atoms with Crippen molar-refractivity contribution in [3.8, 4) is 6.07 Å². The maximum Gasteiger partial charge on any atom is 0.327 e. The highest BCUT2D eigenvalue weighted by Crippen LogP contribution is 2.44. The molecule has 1 aromatic heterocycles. The lowest BCUT2D eigenvalue weighted by Gasteiger charge is -2.38. The van der Waals surface area contributed by atoms with Gasteiger partial charge in [0.2, 0.25) is 11.9 Å².